The quantitative estimate of drug-likeness (QED) is 0.124. The minimum atomic E-state index is -0.838. The SMILES string of the molecule is O=C(CN1C(=O)[C@@H]2[C@H]3C=C[C@@H]([C@@H]4C[C@H]34)[C@@H]2C1=O)OCC(=O)c1ccc(Oc2c(Cl)cccc2[N+](=O)[O-])cc1. The third kappa shape index (κ3) is 3.96. The lowest BCUT2D eigenvalue weighted by Gasteiger charge is -2.37. The fourth-order valence-electron chi connectivity index (χ4n) is 6.15. The first-order chi connectivity index (χ1) is 18.2. The predicted molar refractivity (Wildman–Crippen MR) is 131 cm³/mol. The fraction of sp³-hybridized carbons (Fsp3) is 0.333. The van der Waals surface area contributed by atoms with E-state index in [0.717, 1.165) is 11.3 Å². The molecule has 2 aromatic rings. The van der Waals surface area contributed by atoms with Crippen molar-refractivity contribution in [2.45, 2.75) is 6.42 Å². The number of ketones is 1. The number of allylic oxidation sites excluding steroid dienone is 2. The zero-order valence-electron chi connectivity index (χ0n) is 19.8. The summed E-state index contributed by atoms with van der Waals surface area (Å²) in [6, 6.07) is 9.84. The van der Waals surface area contributed by atoms with E-state index in [1.165, 1.54) is 42.5 Å². The van der Waals surface area contributed by atoms with Crippen molar-refractivity contribution < 1.29 is 33.6 Å². The lowest BCUT2D eigenvalue weighted by atomic mass is 9.63. The Kier molecular flexibility index (Phi) is 5.79. The maximum absolute atomic E-state index is 13.0. The fourth-order valence-corrected chi connectivity index (χ4v) is 6.36. The molecule has 2 amide bonds. The van der Waals surface area contributed by atoms with Gasteiger partial charge in [-0.2, -0.15) is 0 Å². The molecule has 5 aliphatic rings. The molecule has 1 aliphatic heterocycles. The Balaban J connectivity index is 1.04. The number of nitro groups is 1. The Morgan fingerprint density at radius 3 is 2.24 bits per heavy atom. The minimum Gasteiger partial charge on any atom is -0.456 e. The van der Waals surface area contributed by atoms with Gasteiger partial charge in [0.15, 0.2) is 12.4 Å². The van der Waals surface area contributed by atoms with Crippen molar-refractivity contribution in [2.24, 2.45) is 35.5 Å². The molecule has 3 fully saturated rings. The van der Waals surface area contributed by atoms with Crippen molar-refractivity contribution in [3.8, 4) is 11.5 Å². The largest absolute Gasteiger partial charge is 0.456 e. The normalized spacial score (nSPS) is 28.1. The Morgan fingerprint density at radius 1 is 1.00 bits per heavy atom. The second-order valence-corrected chi connectivity index (χ2v) is 10.4. The highest BCUT2D eigenvalue weighted by atomic mass is 35.5. The van der Waals surface area contributed by atoms with Crippen LogP contribution in [0.15, 0.2) is 54.6 Å². The van der Waals surface area contributed by atoms with E-state index in [4.69, 9.17) is 21.1 Å². The van der Waals surface area contributed by atoms with Crippen LogP contribution >= 0.6 is 11.6 Å². The van der Waals surface area contributed by atoms with Gasteiger partial charge in [0.1, 0.15) is 12.3 Å². The van der Waals surface area contributed by atoms with E-state index in [-0.39, 0.29) is 51.4 Å². The summed E-state index contributed by atoms with van der Waals surface area (Å²) in [6.45, 7) is -1.09. The predicted octanol–water partition coefficient (Wildman–Crippen LogP) is 3.82. The maximum Gasteiger partial charge on any atom is 0.326 e. The topological polar surface area (TPSA) is 133 Å². The van der Waals surface area contributed by atoms with Crippen LogP contribution in [0, 0.1) is 45.6 Å². The number of hydrogen-bond donors (Lipinski definition) is 0. The minimum absolute atomic E-state index is 0.0567. The molecule has 2 bridgehead atoms. The maximum atomic E-state index is 13.0. The van der Waals surface area contributed by atoms with Gasteiger partial charge < -0.3 is 9.47 Å². The number of nitro benzene ring substituents is 1. The van der Waals surface area contributed by atoms with E-state index in [0.29, 0.717) is 11.8 Å². The summed E-state index contributed by atoms with van der Waals surface area (Å²) in [7, 11) is 0. The summed E-state index contributed by atoms with van der Waals surface area (Å²) in [5, 5.41) is 11.3. The van der Waals surface area contributed by atoms with E-state index in [1.54, 1.807) is 0 Å². The molecule has 2 saturated carbocycles. The average Bonchev–Trinajstić information content (AvgIpc) is 3.69. The highest BCUT2D eigenvalue weighted by Gasteiger charge is 2.67. The number of ether oxygens (including phenoxy) is 2. The molecule has 0 unspecified atom stereocenters. The van der Waals surface area contributed by atoms with Crippen LogP contribution in [0.1, 0.15) is 16.8 Å². The molecule has 1 saturated heterocycles. The molecule has 194 valence electrons. The number of carbonyl (C=O) groups is 4. The van der Waals surface area contributed by atoms with Gasteiger partial charge in [-0.3, -0.25) is 34.2 Å². The molecular weight excluding hydrogens is 516 g/mol. The van der Waals surface area contributed by atoms with E-state index in [2.05, 4.69) is 12.2 Å². The van der Waals surface area contributed by atoms with Gasteiger partial charge in [0, 0.05) is 11.6 Å². The molecule has 11 heteroatoms. The lowest BCUT2D eigenvalue weighted by molar-refractivity contribution is -0.385. The average molecular weight is 537 g/mol. The smallest absolute Gasteiger partial charge is 0.326 e. The number of esters is 1. The van der Waals surface area contributed by atoms with Gasteiger partial charge in [0.25, 0.3) is 0 Å². The number of likely N-dealkylation sites (tertiary alicyclic amines) is 1. The van der Waals surface area contributed by atoms with E-state index in [9.17, 15) is 29.3 Å². The number of hydrogen-bond acceptors (Lipinski definition) is 8. The molecule has 4 aliphatic carbocycles. The first-order valence-corrected chi connectivity index (χ1v) is 12.6. The second kappa shape index (κ2) is 9.05. The summed E-state index contributed by atoms with van der Waals surface area (Å²) in [4.78, 5) is 62.5. The van der Waals surface area contributed by atoms with Crippen LogP contribution in [-0.2, 0) is 19.1 Å². The second-order valence-electron chi connectivity index (χ2n) is 9.97. The van der Waals surface area contributed by atoms with Crippen LogP contribution in [0.4, 0.5) is 5.69 Å². The first-order valence-electron chi connectivity index (χ1n) is 12.2. The van der Waals surface area contributed by atoms with Crippen molar-refractivity contribution in [3.05, 3.63) is 75.3 Å². The molecule has 0 radical (unpaired) electrons. The van der Waals surface area contributed by atoms with Crippen LogP contribution < -0.4 is 4.74 Å². The Morgan fingerprint density at radius 2 is 1.63 bits per heavy atom. The van der Waals surface area contributed by atoms with Crippen LogP contribution in [0.2, 0.25) is 5.02 Å². The van der Waals surface area contributed by atoms with Crippen molar-refractivity contribution >= 4 is 40.9 Å². The Hall–Kier alpha value is -4.05. The summed E-state index contributed by atoms with van der Waals surface area (Å²) >= 11 is 6.04. The summed E-state index contributed by atoms with van der Waals surface area (Å²) in [6.07, 6.45) is 5.16. The number of imide groups is 1. The van der Waals surface area contributed by atoms with Gasteiger partial charge in [0.05, 0.1) is 21.8 Å². The number of Topliss-reactive ketones (excluding diaryl/α,β-unsaturated/α-hetero) is 1. The van der Waals surface area contributed by atoms with Gasteiger partial charge in [-0.25, -0.2) is 0 Å². The standard InChI is InChI=1S/C27H21ClN2O8/c28-19-2-1-3-20(30(35)36)25(19)38-14-6-4-13(5-7-14)21(31)12-37-22(32)11-29-26(33)23-15-8-9-16(18-10-17(15)18)24(23)27(29)34/h1-9,15-18,23-24H,10-12H2/t15-,16-,17-,18+,23-,24+/m0/s1. The molecular formula is C27H21ClN2O8. The molecule has 1 heterocycles. The number of amides is 2. The van der Waals surface area contributed by atoms with Crippen LogP contribution in [0.5, 0.6) is 11.5 Å². The molecule has 0 spiro atoms. The molecule has 10 nitrogen and oxygen atoms in total. The highest BCUT2D eigenvalue weighted by molar-refractivity contribution is 6.32. The third-order valence-electron chi connectivity index (χ3n) is 7.94. The Bertz CT molecular complexity index is 1380. The molecule has 0 aromatic heterocycles. The van der Waals surface area contributed by atoms with Crippen LogP contribution in [0.25, 0.3) is 0 Å². The number of halogens is 1. The highest BCUT2D eigenvalue weighted by Crippen LogP contribution is 2.65. The van der Waals surface area contributed by atoms with Crippen molar-refractivity contribution in [1.29, 1.82) is 0 Å². The number of nitrogens with zero attached hydrogens (tertiary/aromatic N) is 2. The number of rotatable bonds is 8. The molecule has 6 atom stereocenters. The van der Waals surface area contributed by atoms with Gasteiger partial charge in [-0.1, -0.05) is 29.8 Å². The Labute approximate surface area is 221 Å². The van der Waals surface area contributed by atoms with Crippen LogP contribution in [-0.4, -0.2) is 46.5 Å². The van der Waals surface area contributed by atoms with E-state index >= 15 is 0 Å². The zero-order valence-corrected chi connectivity index (χ0v) is 20.6. The molecule has 2 aromatic carbocycles. The molecule has 38 heavy (non-hydrogen) atoms. The van der Waals surface area contributed by atoms with E-state index in [1.807, 2.05) is 0 Å². The summed E-state index contributed by atoms with van der Waals surface area (Å²) < 4.78 is 10.6. The third-order valence-corrected chi connectivity index (χ3v) is 8.24. The zero-order chi connectivity index (χ0) is 26.7. The van der Waals surface area contributed by atoms with Crippen molar-refractivity contribution in [3.63, 3.8) is 0 Å². The van der Waals surface area contributed by atoms with Crippen LogP contribution in [0.3, 0.4) is 0 Å². The van der Waals surface area contributed by atoms with Gasteiger partial charge >= 0.3 is 11.7 Å². The number of carbonyl (C=O) groups excluding carboxylic acids is 4. The summed E-state index contributed by atoms with van der Waals surface area (Å²) in [5.41, 5.74) is -0.0977. The van der Waals surface area contributed by atoms with Gasteiger partial charge in [0.2, 0.25) is 17.6 Å². The van der Waals surface area contributed by atoms with Crippen molar-refractivity contribution in [1.82, 2.24) is 4.90 Å². The number of para-hydroxylation sites is 1. The first kappa shape index (κ1) is 24.3. The monoisotopic (exact) mass is 536 g/mol. The van der Waals surface area contributed by atoms with Gasteiger partial charge in [-0.15, -0.1) is 0 Å². The molecule has 7 rings (SSSR count). The number of benzene rings is 2. The molecule has 0 N–H and O–H groups in total. The van der Waals surface area contributed by atoms with E-state index < -0.39 is 41.7 Å². The summed E-state index contributed by atoms with van der Waals surface area (Å²) in [5.74, 6) is -1.68. The van der Waals surface area contributed by atoms with Crippen molar-refractivity contribution in [2.75, 3.05) is 13.2 Å². The lowest BCUT2D eigenvalue weighted by Crippen LogP contribution is -2.40. The van der Waals surface area contributed by atoms with Gasteiger partial charge in [-0.05, 0) is 60.4 Å².